The Morgan fingerprint density at radius 1 is 0.485 bits per heavy atom. The first kappa shape index (κ1) is 22.7. The minimum atomic E-state index is -1.25. The van der Waals surface area contributed by atoms with Crippen molar-refractivity contribution in [2.75, 3.05) is 0 Å². The molecule has 5 aromatic rings. The Bertz CT molecular complexity index is 1450. The smallest absolute Gasteiger partial charge is 0.336 e. The maximum absolute atomic E-state index is 12.1. The maximum Gasteiger partial charge on any atom is 0.336 e. The van der Waals surface area contributed by atoms with Crippen molar-refractivity contribution < 1.29 is 66.7 Å². The molecule has 0 aliphatic rings. The summed E-state index contributed by atoms with van der Waals surface area (Å²) in [6.07, 6.45) is 0. The number of carboxylic acid groups (broad SMARTS) is 2. The first-order valence-corrected chi connectivity index (χ1v) is 9.48. The van der Waals surface area contributed by atoms with Crippen LogP contribution < -0.4 is 11.5 Å². The van der Waals surface area contributed by atoms with E-state index in [1.807, 2.05) is 0 Å². The molecule has 8 nitrogen and oxygen atoms in total. The molecular weight excluding hydrogens is 580 g/mol. The molecule has 5 aromatic carbocycles. The van der Waals surface area contributed by atoms with Gasteiger partial charge in [0.05, 0.1) is 11.1 Å². The Balaban J connectivity index is 0.00000259. The number of carbonyl (C=O) groups is 4. The molecule has 0 heterocycles. The van der Waals surface area contributed by atoms with Gasteiger partial charge < -0.3 is 21.7 Å². The van der Waals surface area contributed by atoms with Gasteiger partial charge in [0.2, 0.25) is 11.8 Å². The zero-order valence-electron chi connectivity index (χ0n) is 16.6. The molecule has 0 fully saturated rings. The third-order valence-electron chi connectivity index (χ3n) is 5.89. The van der Waals surface area contributed by atoms with E-state index in [1.54, 1.807) is 24.3 Å². The van der Waals surface area contributed by atoms with Crippen LogP contribution in [0.15, 0.2) is 48.5 Å². The molecule has 0 atom stereocenters. The number of rotatable bonds is 4. The number of carbonyl (C=O) groups excluding carboxylic acids is 2. The third kappa shape index (κ3) is 3.10. The fraction of sp³-hybridized carbons (Fsp3) is 0. The van der Waals surface area contributed by atoms with Crippen LogP contribution in [0.1, 0.15) is 41.4 Å². The van der Waals surface area contributed by atoms with Crippen molar-refractivity contribution in [1.82, 2.24) is 0 Å². The molecule has 0 aromatic heterocycles. The molecule has 9 heteroatoms. The van der Waals surface area contributed by atoms with E-state index in [4.69, 9.17) is 11.5 Å². The Morgan fingerprint density at radius 3 is 1.03 bits per heavy atom. The molecule has 0 aliphatic carbocycles. The molecule has 0 saturated carbocycles. The zero-order chi connectivity index (χ0) is 22.9. The van der Waals surface area contributed by atoms with E-state index >= 15 is 0 Å². The van der Waals surface area contributed by atoms with Crippen LogP contribution in [0, 0.1) is 37.3 Å². The number of carboxylic acids is 2. The van der Waals surface area contributed by atoms with Gasteiger partial charge in [-0.05, 0) is 56.6 Å². The summed E-state index contributed by atoms with van der Waals surface area (Å²) in [6, 6.07) is 12.2. The molecule has 0 bridgehead atoms. The molecule has 0 unspecified atom stereocenters. The van der Waals surface area contributed by atoms with Crippen LogP contribution in [0.3, 0.4) is 0 Å². The second-order valence-corrected chi connectivity index (χ2v) is 7.48. The van der Waals surface area contributed by atoms with Crippen molar-refractivity contribution in [1.29, 1.82) is 0 Å². The Hall–Kier alpha value is -3.47. The number of fused-ring (bicyclic) bond motifs is 2. The average molecular weight is 594 g/mol. The van der Waals surface area contributed by atoms with Crippen LogP contribution in [-0.4, -0.2) is 34.0 Å². The van der Waals surface area contributed by atoms with E-state index < -0.39 is 23.8 Å². The Kier molecular flexibility index (Phi) is 5.39. The number of amides is 2. The van der Waals surface area contributed by atoms with Crippen LogP contribution in [0.25, 0.3) is 43.1 Å². The maximum atomic E-state index is 12.1. The number of benzene rings is 5. The number of hydrogen-bond donors (Lipinski definition) is 4. The monoisotopic (exact) mass is 592 g/mol. The minimum Gasteiger partial charge on any atom is -0.478 e. The number of primary amides is 2. The van der Waals surface area contributed by atoms with Gasteiger partial charge in [0.15, 0.2) is 0 Å². The molecule has 168 valence electrons. The van der Waals surface area contributed by atoms with Crippen LogP contribution in [0.5, 0.6) is 0 Å². The van der Waals surface area contributed by atoms with E-state index in [1.165, 1.54) is 24.3 Å². The van der Waals surface area contributed by atoms with Gasteiger partial charge in [0.25, 0.3) is 0 Å². The number of nitrogens with two attached hydrogens (primary N) is 2. The van der Waals surface area contributed by atoms with Gasteiger partial charge in [0.1, 0.15) is 0 Å². The summed E-state index contributed by atoms with van der Waals surface area (Å²) in [5, 5.41) is 23.3. The van der Waals surface area contributed by atoms with Crippen molar-refractivity contribution in [3.63, 3.8) is 0 Å². The Labute approximate surface area is 214 Å². The number of aromatic carboxylic acids is 2. The topological polar surface area (TPSA) is 161 Å². The van der Waals surface area contributed by atoms with Crippen molar-refractivity contribution in [3.05, 3.63) is 70.8 Å². The third-order valence-corrected chi connectivity index (χ3v) is 5.89. The Morgan fingerprint density at radius 2 is 0.758 bits per heavy atom. The van der Waals surface area contributed by atoms with Crippen molar-refractivity contribution in [3.8, 4) is 0 Å². The molecule has 5 rings (SSSR count). The number of hydrogen-bond acceptors (Lipinski definition) is 4. The van der Waals surface area contributed by atoms with Crippen LogP contribution in [0.2, 0.25) is 0 Å². The molecule has 6 N–H and O–H groups in total. The van der Waals surface area contributed by atoms with Gasteiger partial charge in [0, 0.05) is 59.2 Å². The van der Waals surface area contributed by atoms with Crippen LogP contribution in [0.4, 0.5) is 0 Å². The molecule has 0 spiro atoms. The largest absolute Gasteiger partial charge is 0.478 e. The van der Waals surface area contributed by atoms with Gasteiger partial charge >= 0.3 is 11.9 Å². The van der Waals surface area contributed by atoms with Crippen molar-refractivity contribution in [2.45, 2.75) is 0 Å². The van der Waals surface area contributed by atoms with Gasteiger partial charge in [-0.2, -0.15) is 0 Å². The van der Waals surface area contributed by atoms with E-state index in [9.17, 15) is 29.4 Å². The minimum absolute atomic E-state index is 0. The second kappa shape index (κ2) is 7.83. The quantitative estimate of drug-likeness (QED) is 0.185. The van der Waals surface area contributed by atoms with E-state index in [-0.39, 0.29) is 64.9 Å². The first-order chi connectivity index (χ1) is 15.2. The normalized spacial score (nSPS) is 11.2. The van der Waals surface area contributed by atoms with Crippen LogP contribution in [-0.2, 0) is 0 Å². The summed E-state index contributed by atoms with van der Waals surface area (Å²) < 4.78 is 0. The molecule has 0 saturated heterocycles. The predicted molar refractivity (Wildman–Crippen MR) is 119 cm³/mol. The van der Waals surface area contributed by atoms with E-state index in [0.29, 0.717) is 37.7 Å². The zero-order valence-corrected chi connectivity index (χ0v) is 18.4. The van der Waals surface area contributed by atoms with Gasteiger partial charge in [-0.15, -0.1) is 0 Å². The van der Waals surface area contributed by atoms with Gasteiger partial charge in [-0.1, -0.05) is 24.3 Å². The average Bonchev–Trinajstić information content (AvgIpc) is 2.75. The summed E-state index contributed by atoms with van der Waals surface area (Å²) >= 11 is 0. The second-order valence-electron chi connectivity index (χ2n) is 7.48. The molecule has 2 amide bonds. The molecule has 0 aliphatic heterocycles. The summed E-state index contributed by atoms with van der Waals surface area (Å²) in [6.45, 7) is 0. The SMILES string of the molecule is NC(=O)c1ccc2c3ccc(C(=O)O)c4c(C(=O)O)ccc(c5ccc(C(N)=O)c1c25)c43.[Er]. The van der Waals surface area contributed by atoms with Gasteiger partial charge in [-0.25, -0.2) is 9.59 Å². The fourth-order valence-corrected chi connectivity index (χ4v) is 4.66. The fourth-order valence-electron chi connectivity index (χ4n) is 4.66. The van der Waals surface area contributed by atoms with Crippen molar-refractivity contribution >= 4 is 66.8 Å². The summed E-state index contributed by atoms with van der Waals surface area (Å²) in [4.78, 5) is 48.1. The summed E-state index contributed by atoms with van der Waals surface area (Å²) in [7, 11) is 0. The van der Waals surface area contributed by atoms with Crippen molar-refractivity contribution in [2.24, 2.45) is 11.5 Å². The summed E-state index contributed by atoms with van der Waals surface area (Å²) in [5.74, 6) is -3.95. The van der Waals surface area contributed by atoms with E-state index in [0.717, 1.165) is 0 Å². The standard InChI is InChI=1S/C24H14N2O6.Er/c25-21(27)13-5-1-9-11-3-7-15(23(29)30)20-16(24(31)32)8-4-12(18(11)20)10-2-6-14(22(26)28)19(13)17(9)10;/h1-8H,(H2,25,27)(H2,26,28)(H,29,30)(H,31,32);. The van der Waals surface area contributed by atoms with E-state index in [2.05, 4.69) is 0 Å². The van der Waals surface area contributed by atoms with Gasteiger partial charge in [-0.3, -0.25) is 9.59 Å². The summed E-state index contributed by atoms with van der Waals surface area (Å²) in [5.41, 5.74) is 11.1. The molecule has 0 radical (unpaired) electrons. The molecular formula is C24H14ErN2O6. The molecule has 33 heavy (non-hydrogen) atoms. The van der Waals surface area contributed by atoms with Crippen LogP contribution >= 0.6 is 0 Å². The predicted octanol–water partition coefficient (Wildman–Crippen LogP) is 3.33. The first-order valence-electron chi connectivity index (χ1n) is 9.48.